The van der Waals surface area contributed by atoms with Gasteiger partial charge in [0, 0.05) is 11.8 Å². The van der Waals surface area contributed by atoms with Gasteiger partial charge in [0.1, 0.15) is 5.75 Å². The van der Waals surface area contributed by atoms with Crippen molar-refractivity contribution in [3.63, 3.8) is 0 Å². The Bertz CT molecular complexity index is 312. The third kappa shape index (κ3) is 2.67. The summed E-state index contributed by atoms with van der Waals surface area (Å²) in [5.41, 5.74) is 1.34. The Morgan fingerprint density at radius 1 is 1.40 bits per heavy atom. The molecule has 1 aromatic carbocycles. The van der Waals surface area contributed by atoms with Crippen LogP contribution in [0.2, 0.25) is 0 Å². The zero-order valence-electron chi connectivity index (χ0n) is 9.19. The van der Waals surface area contributed by atoms with E-state index in [0.717, 1.165) is 18.9 Å². The summed E-state index contributed by atoms with van der Waals surface area (Å²) in [6.07, 6.45) is 0. The smallest absolute Gasteiger partial charge is 0.119 e. The zero-order chi connectivity index (χ0) is 10.7. The molecule has 15 heavy (non-hydrogen) atoms. The molecule has 82 valence electrons. The fraction of sp³-hybridized carbons (Fsp3) is 0.500. The van der Waals surface area contributed by atoms with Crippen LogP contribution >= 0.6 is 11.8 Å². The molecule has 2 atom stereocenters. The van der Waals surface area contributed by atoms with Crippen molar-refractivity contribution in [2.24, 2.45) is 0 Å². The van der Waals surface area contributed by atoms with Gasteiger partial charge in [-0.1, -0.05) is 19.1 Å². The molecule has 0 amide bonds. The quantitative estimate of drug-likeness (QED) is 0.851. The molecule has 0 spiro atoms. The normalized spacial score (nSPS) is 25.5. The Morgan fingerprint density at radius 3 is 2.67 bits per heavy atom. The lowest BCUT2D eigenvalue weighted by Gasteiger charge is -2.11. The maximum absolute atomic E-state index is 5.42. The van der Waals surface area contributed by atoms with Gasteiger partial charge in [0.25, 0.3) is 0 Å². The second-order valence-corrected chi connectivity index (χ2v) is 5.29. The molecule has 1 fully saturated rings. The summed E-state index contributed by atoms with van der Waals surface area (Å²) in [6.45, 7) is 6.09. The number of hydrogen-bond donors (Lipinski definition) is 1. The highest BCUT2D eigenvalue weighted by Gasteiger charge is 2.22. The molecule has 1 aliphatic rings. The number of thioether (sulfide) groups is 1. The number of rotatable bonds is 3. The molecule has 1 heterocycles. The lowest BCUT2D eigenvalue weighted by Crippen LogP contribution is -2.13. The van der Waals surface area contributed by atoms with E-state index >= 15 is 0 Å². The van der Waals surface area contributed by atoms with E-state index < -0.39 is 0 Å². The van der Waals surface area contributed by atoms with Gasteiger partial charge < -0.3 is 10.1 Å². The highest BCUT2D eigenvalue weighted by molar-refractivity contribution is 8.00. The fourth-order valence-corrected chi connectivity index (χ4v) is 2.87. The standard InChI is InChI=1S/C12H17NOS/c1-3-14-11-6-4-10(5-7-11)12-13-8-9(2)15-12/h4-7,9,12-13H,3,8H2,1-2H3. The monoisotopic (exact) mass is 223 g/mol. The second kappa shape index (κ2) is 4.90. The molecule has 0 radical (unpaired) electrons. The Labute approximate surface area is 95.4 Å². The van der Waals surface area contributed by atoms with Crippen molar-refractivity contribution in [2.45, 2.75) is 24.5 Å². The summed E-state index contributed by atoms with van der Waals surface area (Å²) in [5, 5.41) is 4.66. The lowest BCUT2D eigenvalue weighted by molar-refractivity contribution is 0.340. The van der Waals surface area contributed by atoms with Gasteiger partial charge in [-0.25, -0.2) is 0 Å². The molecule has 1 aliphatic heterocycles. The van der Waals surface area contributed by atoms with Crippen molar-refractivity contribution < 1.29 is 4.74 Å². The van der Waals surface area contributed by atoms with E-state index in [1.807, 2.05) is 30.8 Å². The van der Waals surface area contributed by atoms with Crippen LogP contribution in [0.5, 0.6) is 5.75 Å². The third-order valence-corrected chi connectivity index (χ3v) is 3.80. The van der Waals surface area contributed by atoms with Crippen LogP contribution in [0.3, 0.4) is 0 Å². The van der Waals surface area contributed by atoms with Crippen LogP contribution in [0, 0.1) is 0 Å². The molecule has 0 aromatic heterocycles. The first-order valence-corrected chi connectivity index (χ1v) is 6.35. The van der Waals surface area contributed by atoms with E-state index in [1.165, 1.54) is 5.56 Å². The summed E-state index contributed by atoms with van der Waals surface area (Å²) >= 11 is 1.99. The van der Waals surface area contributed by atoms with Crippen molar-refractivity contribution in [3.8, 4) is 5.75 Å². The van der Waals surface area contributed by atoms with Gasteiger partial charge in [0.2, 0.25) is 0 Å². The van der Waals surface area contributed by atoms with Crippen LogP contribution in [-0.4, -0.2) is 18.4 Å². The highest BCUT2D eigenvalue weighted by Crippen LogP contribution is 2.34. The molecule has 0 aliphatic carbocycles. The van der Waals surface area contributed by atoms with Crippen molar-refractivity contribution in [3.05, 3.63) is 29.8 Å². The summed E-state index contributed by atoms with van der Waals surface area (Å²) in [4.78, 5) is 0. The van der Waals surface area contributed by atoms with Gasteiger partial charge in [-0.3, -0.25) is 0 Å². The van der Waals surface area contributed by atoms with Gasteiger partial charge in [0.05, 0.1) is 12.0 Å². The maximum Gasteiger partial charge on any atom is 0.119 e. The predicted octanol–water partition coefficient (Wildman–Crippen LogP) is 2.81. The zero-order valence-corrected chi connectivity index (χ0v) is 10.0. The molecular weight excluding hydrogens is 206 g/mol. The Morgan fingerprint density at radius 2 is 2.13 bits per heavy atom. The first kappa shape index (κ1) is 10.8. The van der Waals surface area contributed by atoms with Crippen LogP contribution in [0.4, 0.5) is 0 Å². The molecule has 0 bridgehead atoms. The minimum Gasteiger partial charge on any atom is -0.494 e. The van der Waals surface area contributed by atoms with Gasteiger partial charge in [-0.2, -0.15) is 0 Å². The molecule has 1 N–H and O–H groups in total. The predicted molar refractivity (Wildman–Crippen MR) is 65.4 cm³/mol. The Hall–Kier alpha value is -0.670. The van der Waals surface area contributed by atoms with E-state index in [4.69, 9.17) is 4.74 Å². The molecule has 2 rings (SSSR count). The number of hydrogen-bond acceptors (Lipinski definition) is 3. The fourth-order valence-electron chi connectivity index (χ4n) is 1.70. The van der Waals surface area contributed by atoms with Crippen LogP contribution < -0.4 is 10.1 Å². The van der Waals surface area contributed by atoms with Crippen LogP contribution in [0.1, 0.15) is 24.8 Å². The van der Waals surface area contributed by atoms with Crippen LogP contribution in [0.25, 0.3) is 0 Å². The summed E-state index contributed by atoms with van der Waals surface area (Å²) in [7, 11) is 0. The van der Waals surface area contributed by atoms with Gasteiger partial charge in [0.15, 0.2) is 0 Å². The molecule has 2 nitrogen and oxygen atoms in total. The van der Waals surface area contributed by atoms with E-state index in [1.54, 1.807) is 0 Å². The first-order valence-electron chi connectivity index (χ1n) is 5.41. The minimum absolute atomic E-state index is 0.454. The second-order valence-electron chi connectivity index (χ2n) is 3.74. The van der Waals surface area contributed by atoms with E-state index in [-0.39, 0.29) is 0 Å². The van der Waals surface area contributed by atoms with Gasteiger partial charge >= 0.3 is 0 Å². The average molecular weight is 223 g/mol. The molecule has 1 saturated heterocycles. The van der Waals surface area contributed by atoms with E-state index in [0.29, 0.717) is 10.6 Å². The lowest BCUT2D eigenvalue weighted by atomic mass is 10.2. The Balaban J connectivity index is 2.03. The first-order chi connectivity index (χ1) is 7.29. The summed E-state index contributed by atoms with van der Waals surface area (Å²) in [5.74, 6) is 0.956. The minimum atomic E-state index is 0.454. The van der Waals surface area contributed by atoms with Crippen LogP contribution in [0.15, 0.2) is 24.3 Å². The van der Waals surface area contributed by atoms with Crippen molar-refractivity contribution in [2.75, 3.05) is 13.2 Å². The third-order valence-electron chi connectivity index (χ3n) is 2.45. The maximum atomic E-state index is 5.42. The molecule has 1 aromatic rings. The van der Waals surface area contributed by atoms with Gasteiger partial charge in [-0.15, -0.1) is 11.8 Å². The summed E-state index contributed by atoms with van der Waals surface area (Å²) in [6, 6.07) is 8.38. The van der Waals surface area contributed by atoms with Gasteiger partial charge in [-0.05, 0) is 24.6 Å². The highest BCUT2D eigenvalue weighted by atomic mass is 32.2. The number of benzene rings is 1. The Kier molecular flexibility index (Phi) is 3.54. The van der Waals surface area contributed by atoms with Crippen molar-refractivity contribution in [1.82, 2.24) is 5.32 Å². The van der Waals surface area contributed by atoms with E-state index in [2.05, 4.69) is 24.4 Å². The average Bonchev–Trinajstić information content (AvgIpc) is 2.67. The largest absolute Gasteiger partial charge is 0.494 e. The van der Waals surface area contributed by atoms with Crippen LogP contribution in [-0.2, 0) is 0 Å². The van der Waals surface area contributed by atoms with E-state index in [9.17, 15) is 0 Å². The molecule has 2 unspecified atom stereocenters. The molecule has 3 heteroatoms. The molecular formula is C12H17NOS. The topological polar surface area (TPSA) is 21.3 Å². The number of ether oxygens (including phenoxy) is 1. The van der Waals surface area contributed by atoms with Crippen molar-refractivity contribution >= 4 is 11.8 Å². The SMILES string of the molecule is CCOc1ccc(C2NCC(C)S2)cc1. The summed E-state index contributed by atoms with van der Waals surface area (Å²) < 4.78 is 5.42. The van der Waals surface area contributed by atoms with Crippen molar-refractivity contribution in [1.29, 1.82) is 0 Å². The number of nitrogens with one attached hydrogen (secondary N) is 1. The molecule has 0 saturated carbocycles.